The average Bonchev–Trinajstić information content (AvgIpc) is 2.63. The van der Waals surface area contributed by atoms with Crippen molar-refractivity contribution in [1.29, 1.82) is 0 Å². The topological polar surface area (TPSA) is 109 Å². The smallest absolute Gasteiger partial charge is 0.264 e. The number of fused-ring (bicyclic) bond motifs is 1. The molecule has 1 aromatic carbocycles. The lowest BCUT2D eigenvalue weighted by molar-refractivity contribution is 0.0802. The number of hydrogen-bond acceptors (Lipinski definition) is 6. The first-order chi connectivity index (χ1) is 12.8. The molecule has 0 saturated carbocycles. The highest BCUT2D eigenvalue weighted by Crippen LogP contribution is 2.28. The van der Waals surface area contributed by atoms with Gasteiger partial charge in [0.1, 0.15) is 5.39 Å². The number of aromatic nitrogens is 3. The molecular formula is C17H16ClIN4O4. The van der Waals surface area contributed by atoms with Crippen molar-refractivity contribution in [2.24, 2.45) is 7.05 Å². The Labute approximate surface area is 172 Å². The van der Waals surface area contributed by atoms with E-state index in [1.807, 2.05) is 6.07 Å². The van der Waals surface area contributed by atoms with Gasteiger partial charge in [-0.25, -0.2) is 4.98 Å². The van der Waals surface area contributed by atoms with Gasteiger partial charge in [0.05, 0.1) is 42.0 Å². The molecular weight excluding hydrogens is 487 g/mol. The van der Waals surface area contributed by atoms with Gasteiger partial charge in [-0.3, -0.25) is 18.7 Å². The molecule has 0 saturated heterocycles. The van der Waals surface area contributed by atoms with Crippen molar-refractivity contribution in [2.45, 2.75) is 12.6 Å². The molecule has 0 aliphatic carbocycles. The van der Waals surface area contributed by atoms with Gasteiger partial charge in [-0.05, 0) is 40.8 Å². The van der Waals surface area contributed by atoms with Gasteiger partial charge < -0.3 is 15.5 Å². The molecule has 0 radical (unpaired) electrons. The van der Waals surface area contributed by atoms with Gasteiger partial charge in [0.2, 0.25) is 0 Å². The third-order valence-electron chi connectivity index (χ3n) is 4.02. The summed E-state index contributed by atoms with van der Waals surface area (Å²) in [7, 11) is 1.52. The molecule has 3 rings (SSSR count). The number of anilines is 2. The van der Waals surface area contributed by atoms with Gasteiger partial charge in [0.15, 0.2) is 5.65 Å². The molecule has 0 bridgehead atoms. The number of rotatable bonds is 5. The zero-order chi connectivity index (χ0) is 19.7. The highest BCUT2D eigenvalue weighted by atomic mass is 127. The Morgan fingerprint density at radius 1 is 1.30 bits per heavy atom. The van der Waals surface area contributed by atoms with Crippen LogP contribution in [0.15, 0.2) is 40.2 Å². The normalized spacial score (nSPS) is 12.3. The molecule has 0 fully saturated rings. The van der Waals surface area contributed by atoms with E-state index in [2.05, 4.69) is 32.9 Å². The van der Waals surface area contributed by atoms with E-state index >= 15 is 0 Å². The number of aryl methyl sites for hydroxylation is 1. The van der Waals surface area contributed by atoms with Crippen LogP contribution in [0.4, 0.5) is 11.4 Å². The first-order valence-electron chi connectivity index (χ1n) is 7.92. The molecule has 2 heterocycles. The Balaban J connectivity index is 2.21. The van der Waals surface area contributed by atoms with Crippen LogP contribution in [0.1, 0.15) is 0 Å². The van der Waals surface area contributed by atoms with E-state index in [0.29, 0.717) is 10.7 Å². The summed E-state index contributed by atoms with van der Waals surface area (Å²) in [5, 5.41) is 22.3. The third kappa shape index (κ3) is 4.00. The molecule has 0 amide bonds. The van der Waals surface area contributed by atoms with E-state index in [1.165, 1.54) is 28.6 Å². The molecule has 0 spiro atoms. The maximum atomic E-state index is 12.9. The number of benzene rings is 1. The maximum Gasteiger partial charge on any atom is 0.264 e. The first kappa shape index (κ1) is 19.8. The van der Waals surface area contributed by atoms with Crippen molar-refractivity contribution in [3.8, 4) is 0 Å². The average molecular weight is 503 g/mol. The zero-order valence-corrected chi connectivity index (χ0v) is 17.1. The van der Waals surface area contributed by atoms with E-state index in [4.69, 9.17) is 16.7 Å². The van der Waals surface area contributed by atoms with Crippen molar-refractivity contribution in [3.05, 3.63) is 59.9 Å². The van der Waals surface area contributed by atoms with E-state index in [9.17, 15) is 14.7 Å². The van der Waals surface area contributed by atoms with Gasteiger partial charge >= 0.3 is 0 Å². The van der Waals surface area contributed by atoms with Crippen molar-refractivity contribution < 1.29 is 10.2 Å². The number of nitrogens with one attached hydrogen (secondary N) is 1. The molecule has 1 atom stereocenters. The fraction of sp³-hybridized carbons (Fsp3) is 0.235. The number of pyridine rings is 1. The second-order valence-electron chi connectivity index (χ2n) is 5.94. The van der Waals surface area contributed by atoms with Crippen molar-refractivity contribution in [3.63, 3.8) is 0 Å². The fourth-order valence-corrected chi connectivity index (χ4v) is 3.52. The van der Waals surface area contributed by atoms with E-state index in [-0.39, 0.29) is 28.8 Å². The van der Waals surface area contributed by atoms with Gasteiger partial charge in [0, 0.05) is 16.7 Å². The summed E-state index contributed by atoms with van der Waals surface area (Å²) < 4.78 is 3.40. The molecule has 0 aliphatic rings. The zero-order valence-electron chi connectivity index (χ0n) is 14.2. The number of hydrogen-bond donors (Lipinski definition) is 3. The van der Waals surface area contributed by atoms with Crippen LogP contribution in [0, 0.1) is 3.57 Å². The minimum absolute atomic E-state index is 0.120. The Morgan fingerprint density at radius 2 is 2.04 bits per heavy atom. The van der Waals surface area contributed by atoms with Gasteiger partial charge in [-0.2, -0.15) is 0 Å². The summed E-state index contributed by atoms with van der Waals surface area (Å²) in [6.07, 6.45) is 0.140. The predicted molar refractivity (Wildman–Crippen MR) is 112 cm³/mol. The standard InChI is InChI=1S/C17H16ClIN4O4/c1-22-14(26)5-13(21-12-3-2-9(19)4-11(12)18)15-16(22)20-8-23(17(15)27)6-10(25)7-24/h2-5,8,10,21,24-25H,6-7H2,1H3/t10-/m0/s1. The molecule has 3 aromatic rings. The van der Waals surface area contributed by atoms with E-state index in [1.54, 1.807) is 12.1 Å². The second-order valence-corrected chi connectivity index (χ2v) is 7.59. The summed E-state index contributed by atoms with van der Waals surface area (Å²) >= 11 is 8.38. The number of halogens is 2. The number of aliphatic hydroxyl groups excluding tert-OH is 2. The molecule has 10 heteroatoms. The Kier molecular flexibility index (Phi) is 5.84. The summed E-state index contributed by atoms with van der Waals surface area (Å²) in [5.41, 5.74) is 0.212. The summed E-state index contributed by atoms with van der Waals surface area (Å²) in [6.45, 7) is -0.605. The van der Waals surface area contributed by atoms with Crippen LogP contribution in [0.2, 0.25) is 5.02 Å². The Bertz CT molecular complexity index is 1130. The van der Waals surface area contributed by atoms with Crippen LogP contribution in [-0.2, 0) is 13.6 Å². The molecule has 2 aromatic heterocycles. The lowest BCUT2D eigenvalue weighted by Crippen LogP contribution is -2.31. The predicted octanol–water partition coefficient (Wildman–Crippen LogP) is 1.45. The SMILES string of the molecule is Cn1c(=O)cc(Nc2ccc(I)cc2Cl)c2c(=O)n(C[C@H](O)CO)cnc21. The van der Waals surface area contributed by atoms with E-state index in [0.717, 1.165) is 3.57 Å². The van der Waals surface area contributed by atoms with Crippen LogP contribution < -0.4 is 16.4 Å². The Morgan fingerprint density at radius 3 is 2.70 bits per heavy atom. The van der Waals surface area contributed by atoms with Crippen molar-refractivity contribution in [2.75, 3.05) is 11.9 Å². The van der Waals surface area contributed by atoms with Crippen LogP contribution in [0.5, 0.6) is 0 Å². The van der Waals surface area contributed by atoms with Gasteiger partial charge in [-0.15, -0.1) is 0 Å². The maximum absolute atomic E-state index is 12.9. The van der Waals surface area contributed by atoms with Crippen molar-refractivity contribution in [1.82, 2.24) is 14.1 Å². The molecule has 8 nitrogen and oxygen atoms in total. The monoisotopic (exact) mass is 502 g/mol. The van der Waals surface area contributed by atoms with Crippen LogP contribution in [0.3, 0.4) is 0 Å². The van der Waals surface area contributed by atoms with Crippen molar-refractivity contribution >= 4 is 56.6 Å². The second kappa shape index (κ2) is 7.97. The quantitative estimate of drug-likeness (QED) is 0.456. The molecule has 27 heavy (non-hydrogen) atoms. The fourth-order valence-electron chi connectivity index (χ4n) is 2.62. The molecule has 3 N–H and O–H groups in total. The first-order valence-corrected chi connectivity index (χ1v) is 9.37. The lowest BCUT2D eigenvalue weighted by Gasteiger charge is -2.15. The van der Waals surface area contributed by atoms with Crippen LogP contribution in [0.25, 0.3) is 11.0 Å². The van der Waals surface area contributed by atoms with Gasteiger partial charge in [0.25, 0.3) is 11.1 Å². The summed E-state index contributed by atoms with van der Waals surface area (Å²) in [4.78, 5) is 29.4. The number of aliphatic hydroxyl groups is 2. The summed E-state index contributed by atoms with van der Waals surface area (Å²) in [6, 6.07) is 6.64. The minimum atomic E-state index is -1.10. The lowest BCUT2D eigenvalue weighted by atomic mass is 10.2. The van der Waals surface area contributed by atoms with E-state index < -0.39 is 18.3 Å². The van der Waals surface area contributed by atoms with Crippen LogP contribution in [-0.4, -0.2) is 37.0 Å². The Hall–Kier alpha value is -1.95. The minimum Gasteiger partial charge on any atom is -0.394 e. The van der Waals surface area contributed by atoms with Crippen LogP contribution >= 0.6 is 34.2 Å². The summed E-state index contributed by atoms with van der Waals surface area (Å²) in [5.74, 6) is 0. The molecule has 142 valence electrons. The highest BCUT2D eigenvalue weighted by molar-refractivity contribution is 14.1. The van der Waals surface area contributed by atoms with Gasteiger partial charge in [-0.1, -0.05) is 11.6 Å². The molecule has 0 unspecified atom stereocenters. The molecule has 0 aliphatic heterocycles. The third-order valence-corrected chi connectivity index (χ3v) is 5.01. The largest absolute Gasteiger partial charge is 0.394 e. The highest BCUT2D eigenvalue weighted by Gasteiger charge is 2.16. The number of nitrogens with zero attached hydrogens (tertiary/aromatic N) is 3.